The second-order valence-corrected chi connectivity index (χ2v) is 8.04. The van der Waals surface area contributed by atoms with Crippen molar-refractivity contribution in [1.29, 1.82) is 0 Å². The summed E-state index contributed by atoms with van der Waals surface area (Å²) in [6.45, 7) is 2.98. The molecule has 0 fully saturated rings. The van der Waals surface area contributed by atoms with E-state index in [1.165, 1.54) is 24.3 Å². The van der Waals surface area contributed by atoms with E-state index in [-0.39, 0.29) is 33.8 Å². The van der Waals surface area contributed by atoms with Crippen LogP contribution in [0.25, 0.3) is 0 Å². The molecule has 10 heteroatoms. The molecule has 2 rings (SSSR count). The van der Waals surface area contributed by atoms with Crippen LogP contribution in [-0.4, -0.2) is 32.9 Å². The molecule has 0 bridgehead atoms. The van der Waals surface area contributed by atoms with Crippen LogP contribution in [-0.2, 0) is 19.6 Å². The molecule has 0 atom stereocenters. The average molecular weight is 429 g/mol. The number of sulfonamides is 1. The fourth-order valence-corrected chi connectivity index (χ4v) is 3.72. The molecule has 0 aromatic heterocycles. The predicted octanol–water partition coefficient (Wildman–Crippen LogP) is 2.96. The number of carbonyl (C=O) groups excluding carboxylic acids is 2. The Labute approximate surface area is 166 Å². The van der Waals surface area contributed by atoms with E-state index in [0.717, 1.165) is 18.2 Å². The van der Waals surface area contributed by atoms with Gasteiger partial charge in [-0.15, -0.1) is 0 Å². The lowest BCUT2D eigenvalue weighted by atomic mass is 10.2. The van der Waals surface area contributed by atoms with Gasteiger partial charge in [-0.05, 0) is 56.3 Å². The predicted molar refractivity (Wildman–Crippen MR) is 102 cm³/mol. The van der Waals surface area contributed by atoms with Gasteiger partial charge in [-0.25, -0.2) is 12.8 Å². The summed E-state index contributed by atoms with van der Waals surface area (Å²) in [5, 5.41) is 2.24. The minimum absolute atomic E-state index is 0.0128. The normalized spacial score (nSPS) is 11.2. The van der Waals surface area contributed by atoms with Gasteiger partial charge in [0.05, 0.1) is 11.1 Å². The van der Waals surface area contributed by atoms with E-state index in [4.69, 9.17) is 16.3 Å². The SMILES string of the molecule is CC(C)OC(=O)CNC(=O)c1ccc(Cl)c(S(=O)(=O)Nc2ccc(F)cc2)c1. The van der Waals surface area contributed by atoms with Crippen LogP contribution in [0.1, 0.15) is 24.2 Å². The van der Waals surface area contributed by atoms with Crippen molar-refractivity contribution in [3.8, 4) is 0 Å². The van der Waals surface area contributed by atoms with Gasteiger partial charge < -0.3 is 10.1 Å². The zero-order valence-corrected chi connectivity index (χ0v) is 16.6. The number of rotatable bonds is 7. The Balaban J connectivity index is 2.18. The van der Waals surface area contributed by atoms with Crippen LogP contribution in [0.15, 0.2) is 47.4 Å². The van der Waals surface area contributed by atoms with E-state index in [9.17, 15) is 22.4 Å². The van der Waals surface area contributed by atoms with Crippen LogP contribution in [0.2, 0.25) is 5.02 Å². The quantitative estimate of drug-likeness (QED) is 0.660. The number of anilines is 1. The summed E-state index contributed by atoms with van der Waals surface area (Å²) < 4.78 is 45.3. The van der Waals surface area contributed by atoms with E-state index < -0.39 is 27.7 Å². The first-order valence-corrected chi connectivity index (χ1v) is 10.00. The van der Waals surface area contributed by atoms with E-state index in [1.54, 1.807) is 13.8 Å². The van der Waals surface area contributed by atoms with Gasteiger partial charge in [0.15, 0.2) is 0 Å². The van der Waals surface area contributed by atoms with Gasteiger partial charge in [-0.1, -0.05) is 11.6 Å². The Morgan fingerprint density at radius 2 is 1.79 bits per heavy atom. The largest absolute Gasteiger partial charge is 0.462 e. The highest BCUT2D eigenvalue weighted by Gasteiger charge is 2.21. The highest BCUT2D eigenvalue weighted by molar-refractivity contribution is 7.92. The molecule has 0 saturated heterocycles. The van der Waals surface area contributed by atoms with E-state index >= 15 is 0 Å². The third-order valence-electron chi connectivity index (χ3n) is 3.34. The number of esters is 1. The highest BCUT2D eigenvalue weighted by atomic mass is 35.5. The van der Waals surface area contributed by atoms with Gasteiger partial charge in [0.25, 0.3) is 15.9 Å². The van der Waals surface area contributed by atoms with E-state index in [0.29, 0.717) is 0 Å². The zero-order chi connectivity index (χ0) is 20.9. The third kappa shape index (κ3) is 5.93. The Morgan fingerprint density at radius 3 is 2.39 bits per heavy atom. The smallest absolute Gasteiger partial charge is 0.325 e. The Morgan fingerprint density at radius 1 is 1.14 bits per heavy atom. The molecule has 0 aliphatic heterocycles. The number of halogens is 2. The highest BCUT2D eigenvalue weighted by Crippen LogP contribution is 2.25. The molecule has 0 heterocycles. The van der Waals surface area contributed by atoms with Crippen molar-refractivity contribution >= 4 is 39.2 Å². The van der Waals surface area contributed by atoms with Crippen molar-refractivity contribution < 1.29 is 27.1 Å². The molecule has 2 N–H and O–H groups in total. The maximum absolute atomic E-state index is 13.0. The van der Waals surface area contributed by atoms with Crippen LogP contribution >= 0.6 is 11.6 Å². The first-order valence-electron chi connectivity index (χ1n) is 8.14. The van der Waals surface area contributed by atoms with Crippen molar-refractivity contribution in [2.75, 3.05) is 11.3 Å². The molecule has 7 nitrogen and oxygen atoms in total. The molecular weight excluding hydrogens is 411 g/mol. The zero-order valence-electron chi connectivity index (χ0n) is 15.0. The number of ether oxygens (including phenoxy) is 1. The molecule has 0 radical (unpaired) electrons. The molecule has 2 aromatic carbocycles. The van der Waals surface area contributed by atoms with Crippen LogP contribution in [0, 0.1) is 5.82 Å². The molecule has 0 spiro atoms. The monoisotopic (exact) mass is 428 g/mol. The maximum Gasteiger partial charge on any atom is 0.325 e. The van der Waals surface area contributed by atoms with Crippen LogP contribution in [0.4, 0.5) is 10.1 Å². The summed E-state index contributed by atoms with van der Waals surface area (Å²) in [6, 6.07) is 8.34. The Kier molecular flexibility index (Phi) is 6.98. The van der Waals surface area contributed by atoms with Crippen molar-refractivity contribution in [3.05, 3.63) is 58.9 Å². The first kappa shape index (κ1) is 21.6. The number of amides is 1. The van der Waals surface area contributed by atoms with Gasteiger partial charge in [0.2, 0.25) is 0 Å². The van der Waals surface area contributed by atoms with Crippen LogP contribution in [0.3, 0.4) is 0 Å². The fourth-order valence-electron chi connectivity index (χ4n) is 2.14. The molecule has 0 aliphatic carbocycles. The number of hydrogen-bond donors (Lipinski definition) is 2. The van der Waals surface area contributed by atoms with Gasteiger partial charge >= 0.3 is 5.97 Å². The summed E-state index contributed by atoms with van der Waals surface area (Å²) in [7, 11) is -4.14. The number of carbonyl (C=O) groups is 2. The number of benzene rings is 2. The lowest BCUT2D eigenvalue weighted by Gasteiger charge is -2.12. The number of hydrogen-bond acceptors (Lipinski definition) is 5. The summed E-state index contributed by atoms with van der Waals surface area (Å²) in [4.78, 5) is 23.4. The minimum Gasteiger partial charge on any atom is -0.462 e. The molecule has 0 aliphatic rings. The van der Waals surface area contributed by atoms with Crippen molar-refractivity contribution in [1.82, 2.24) is 5.32 Å². The fraction of sp³-hybridized carbons (Fsp3) is 0.222. The molecule has 2 aromatic rings. The molecule has 1 amide bonds. The first-order chi connectivity index (χ1) is 13.1. The van der Waals surface area contributed by atoms with E-state index in [1.807, 2.05) is 0 Å². The van der Waals surface area contributed by atoms with Crippen molar-refractivity contribution in [2.45, 2.75) is 24.8 Å². The summed E-state index contributed by atoms with van der Waals surface area (Å²) >= 11 is 5.98. The topological polar surface area (TPSA) is 102 Å². The van der Waals surface area contributed by atoms with Gasteiger partial charge in [-0.2, -0.15) is 0 Å². The van der Waals surface area contributed by atoms with Crippen LogP contribution in [0.5, 0.6) is 0 Å². The summed E-state index contributed by atoms with van der Waals surface area (Å²) in [6.07, 6.45) is -0.325. The molecule has 28 heavy (non-hydrogen) atoms. The molecular formula is C18H18ClFN2O5S. The third-order valence-corrected chi connectivity index (χ3v) is 5.20. The second-order valence-electron chi connectivity index (χ2n) is 5.98. The molecule has 150 valence electrons. The molecule has 0 unspecified atom stereocenters. The lowest BCUT2D eigenvalue weighted by molar-refractivity contribution is -0.146. The van der Waals surface area contributed by atoms with E-state index in [2.05, 4.69) is 10.0 Å². The Hall–Kier alpha value is -2.65. The Bertz CT molecular complexity index is 978. The van der Waals surface area contributed by atoms with Gasteiger partial charge in [0.1, 0.15) is 17.3 Å². The number of nitrogens with one attached hydrogen (secondary N) is 2. The molecule has 0 saturated carbocycles. The van der Waals surface area contributed by atoms with Crippen LogP contribution < -0.4 is 10.0 Å². The summed E-state index contributed by atoms with van der Waals surface area (Å²) in [5.41, 5.74) is 0.116. The summed E-state index contributed by atoms with van der Waals surface area (Å²) in [5.74, 6) is -1.81. The maximum atomic E-state index is 13.0. The minimum atomic E-state index is -4.14. The van der Waals surface area contributed by atoms with Crippen molar-refractivity contribution in [2.24, 2.45) is 0 Å². The van der Waals surface area contributed by atoms with Crippen molar-refractivity contribution in [3.63, 3.8) is 0 Å². The van der Waals surface area contributed by atoms with Gasteiger partial charge in [-0.3, -0.25) is 14.3 Å². The van der Waals surface area contributed by atoms with Gasteiger partial charge in [0, 0.05) is 11.3 Å². The average Bonchev–Trinajstić information content (AvgIpc) is 2.61. The lowest BCUT2D eigenvalue weighted by Crippen LogP contribution is -2.31. The standard InChI is InChI=1S/C18H18ClFN2O5S/c1-11(2)27-17(23)10-21-18(24)12-3-8-15(19)16(9-12)28(25,26)22-14-6-4-13(20)5-7-14/h3-9,11,22H,10H2,1-2H3,(H,21,24). The second kappa shape index (κ2) is 9.03.